The van der Waals surface area contributed by atoms with Gasteiger partial charge in [0, 0.05) is 74.6 Å². The summed E-state index contributed by atoms with van der Waals surface area (Å²) in [5.41, 5.74) is 0.308. The molecule has 2 unspecified atom stereocenters. The van der Waals surface area contributed by atoms with E-state index in [1.807, 2.05) is 0 Å². The number of hydrogen-bond donors (Lipinski definition) is 7. The summed E-state index contributed by atoms with van der Waals surface area (Å²) in [5.74, 6) is -4.57. The number of nitrogens with zero attached hydrogens (tertiary/aromatic N) is 7. The van der Waals surface area contributed by atoms with Crippen molar-refractivity contribution in [2.75, 3.05) is 110 Å². The van der Waals surface area contributed by atoms with Gasteiger partial charge in [-0.05, 0) is 48.6 Å². The van der Waals surface area contributed by atoms with E-state index >= 15 is 0 Å². The molecule has 1 saturated carbocycles. The quantitative estimate of drug-likeness (QED) is 0.0172. The number of benzene rings is 2. The van der Waals surface area contributed by atoms with Gasteiger partial charge in [0.15, 0.2) is 17.4 Å². The van der Waals surface area contributed by atoms with Gasteiger partial charge in [-0.25, -0.2) is 19.7 Å². The van der Waals surface area contributed by atoms with Crippen molar-refractivity contribution in [2.24, 2.45) is 11.8 Å². The monoisotopic (exact) mass is 1480 g/mol. The lowest BCUT2D eigenvalue weighted by Gasteiger charge is -2.24. The fourth-order valence-corrected chi connectivity index (χ4v) is 12.7. The van der Waals surface area contributed by atoms with Crippen molar-refractivity contribution in [3.8, 4) is 5.88 Å². The Labute approximate surface area is 590 Å². The van der Waals surface area contributed by atoms with E-state index in [1.165, 1.54) is 48.4 Å². The molecule has 3 aromatic heterocycles. The fourth-order valence-electron chi connectivity index (χ4n) is 10.9. The standard InChI is InChI=1S/C64H83N13O24P2/c1-38(2)53(71-48(78)16-19-90-21-23-92-25-27-94-28-26-93-24-22-91-20-18-66-49(79)32-76-51(80)13-14-52(76)81)60(85)69-39(3)58(83)70-43-11-9-40(10-12-43)33-95-64(87)75(4)31-41-7-5-6-8-45(41)59(84)73-63-72-57-54(61(86)74-63)68-37-77(57)62-56-55(82)47(99-62)35-97-102(88)100-46-30-44(98-50-15-17-65-36-67-50)29-42(46)34-96-103(89)101-56/h5-15,17,36-39,42,44,46-47,53,55-56,62,82,102-103H,16,18-35H2,1-4H3,(H,66,79)(H,69,85)(H,70,83)(H,71,78)(H2,72,73,74,84,86)/t39-,42+,44+,46-,47+,53-,55+,56+,62+/m0/s1. The molecule has 8 amide bonds. The molecule has 558 valence electrons. The Hall–Kier alpha value is -8.81. The molecule has 4 aliphatic rings. The fraction of sp³-hybridized carbons (Fsp3) is 0.516. The molecule has 37 nitrogen and oxygen atoms in total. The topological polar surface area (TPSA) is 458 Å². The number of ether oxygens (including phenoxy) is 8. The zero-order valence-corrected chi connectivity index (χ0v) is 58.8. The molecule has 5 aromatic rings. The number of aromatic nitrogens is 6. The third kappa shape index (κ3) is 23.3. The molecule has 0 radical (unpaired) electrons. The minimum Gasteiger partial charge on any atom is -0.474 e. The number of rotatable bonds is 35. The molecule has 103 heavy (non-hydrogen) atoms. The molecule has 9 rings (SSSR count). The maximum absolute atomic E-state index is 14.0. The number of nitrogens with one attached hydrogen (secondary N) is 6. The summed E-state index contributed by atoms with van der Waals surface area (Å²) in [7, 11) is -5.13. The first-order valence-electron chi connectivity index (χ1n) is 33.0. The number of fused-ring (bicyclic) bond motifs is 4. The summed E-state index contributed by atoms with van der Waals surface area (Å²) < 4.78 is 95.8. The van der Waals surface area contributed by atoms with E-state index in [4.69, 9.17) is 56.0 Å². The SMILES string of the molecule is CC(C)[C@H](NC(=O)CCOCCOCCOCCOCCOCCNC(=O)CN1C(=O)C=CC1=O)C(=O)N[C@@H](C)C(=O)Nc1ccc(COC(=O)N(C)Cc2ccccc2C(=O)Nc2nc3c(ncn3[C@@H]3O[C@@H]4CO[PH](=O)O[C@H]5C[C@H](Oc6ccncn6)C[C@@H]5CO[PH](=O)O[C@@H]3[C@@H]4O)c(=O)[nH]2)cc1. The molecular weight excluding hydrogens is 1400 g/mol. The van der Waals surface area contributed by atoms with E-state index in [-0.39, 0.29) is 94.3 Å². The van der Waals surface area contributed by atoms with Crippen LogP contribution in [-0.4, -0.2) is 234 Å². The van der Waals surface area contributed by atoms with Gasteiger partial charge in [0.2, 0.25) is 35.5 Å². The van der Waals surface area contributed by atoms with E-state index in [2.05, 4.69) is 51.5 Å². The molecule has 2 aromatic carbocycles. The molecule has 7 N–H and O–H groups in total. The van der Waals surface area contributed by atoms with Crippen LogP contribution in [0.15, 0.2) is 90.4 Å². The predicted octanol–water partition coefficient (Wildman–Crippen LogP) is 1.74. The Balaban J connectivity index is 0.647. The molecule has 11 atom stereocenters. The number of anilines is 2. The van der Waals surface area contributed by atoms with Gasteiger partial charge >= 0.3 is 22.6 Å². The van der Waals surface area contributed by atoms with Crippen molar-refractivity contribution in [3.05, 3.63) is 113 Å². The van der Waals surface area contributed by atoms with Crippen LogP contribution in [0, 0.1) is 11.8 Å². The van der Waals surface area contributed by atoms with Crippen molar-refractivity contribution in [1.29, 1.82) is 0 Å². The third-order valence-corrected chi connectivity index (χ3v) is 18.0. The smallest absolute Gasteiger partial charge is 0.410 e. The largest absolute Gasteiger partial charge is 0.474 e. The lowest BCUT2D eigenvalue weighted by molar-refractivity contribution is -0.141. The van der Waals surface area contributed by atoms with Crippen LogP contribution >= 0.6 is 16.5 Å². The Bertz CT molecular complexity index is 3850. The molecule has 6 heterocycles. The van der Waals surface area contributed by atoms with Gasteiger partial charge < -0.3 is 82.7 Å². The van der Waals surface area contributed by atoms with Crippen molar-refractivity contribution in [2.45, 2.75) is 102 Å². The zero-order valence-electron chi connectivity index (χ0n) is 56.8. The number of carbonyl (C=O) groups is 8. The van der Waals surface area contributed by atoms with E-state index in [0.29, 0.717) is 75.2 Å². The van der Waals surface area contributed by atoms with Crippen LogP contribution in [0.2, 0.25) is 0 Å². The summed E-state index contributed by atoms with van der Waals surface area (Å²) in [6.45, 7) is 6.61. The van der Waals surface area contributed by atoms with Gasteiger partial charge in [-0.3, -0.25) is 71.8 Å². The second-order valence-corrected chi connectivity index (χ2v) is 26.2. The molecular formula is C64H83N13O24P2. The first-order chi connectivity index (χ1) is 49.7. The van der Waals surface area contributed by atoms with Crippen LogP contribution in [0.25, 0.3) is 11.2 Å². The minimum atomic E-state index is -3.39. The Morgan fingerprint density at radius 3 is 2.12 bits per heavy atom. The second-order valence-electron chi connectivity index (χ2n) is 24.2. The lowest BCUT2D eigenvalue weighted by Crippen LogP contribution is -2.53. The number of aromatic amines is 1. The molecule has 0 spiro atoms. The summed E-state index contributed by atoms with van der Waals surface area (Å²) in [5, 5.41) is 24.7. The van der Waals surface area contributed by atoms with E-state index < -0.39 is 131 Å². The maximum Gasteiger partial charge on any atom is 0.410 e. The molecule has 2 saturated heterocycles. The number of imidazole rings is 1. The zero-order chi connectivity index (χ0) is 73.4. The minimum absolute atomic E-state index is 0.0310. The van der Waals surface area contributed by atoms with Crippen LogP contribution in [0.5, 0.6) is 5.88 Å². The average Bonchev–Trinajstić information content (AvgIpc) is 1.62. The second kappa shape index (κ2) is 39.2. The number of carbonyl (C=O) groups excluding carboxylic acids is 8. The Morgan fingerprint density at radius 1 is 0.757 bits per heavy atom. The maximum atomic E-state index is 14.0. The van der Waals surface area contributed by atoms with Crippen LogP contribution < -0.4 is 36.9 Å². The average molecular weight is 1480 g/mol. The molecule has 39 heteroatoms. The van der Waals surface area contributed by atoms with Crippen molar-refractivity contribution in [1.82, 2.24) is 55.2 Å². The van der Waals surface area contributed by atoms with Crippen molar-refractivity contribution < 1.29 is 109 Å². The van der Waals surface area contributed by atoms with Gasteiger partial charge in [0.05, 0.1) is 91.7 Å². The molecule has 3 aliphatic heterocycles. The highest BCUT2D eigenvalue weighted by atomic mass is 31.1. The molecule has 1 aliphatic carbocycles. The molecule has 2 bridgehead atoms. The van der Waals surface area contributed by atoms with Gasteiger partial charge in [-0.15, -0.1) is 0 Å². The third-order valence-electron chi connectivity index (χ3n) is 16.3. The summed E-state index contributed by atoms with van der Waals surface area (Å²) in [6, 6.07) is 12.4. The number of aliphatic hydroxyl groups is 1. The van der Waals surface area contributed by atoms with Crippen molar-refractivity contribution in [3.63, 3.8) is 0 Å². The highest BCUT2D eigenvalue weighted by molar-refractivity contribution is 7.33. The molecule has 3 fully saturated rings. The van der Waals surface area contributed by atoms with Gasteiger partial charge in [-0.2, -0.15) is 4.98 Å². The van der Waals surface area contributed by atoms with Crippen LogP contribution in [0.1, 0.15) is 67.7 Å². The number of imide groups is 1. The van der Waals surface area contributed by atoms with E-state index in [9.17, 15) is 57.4 Å². The van der Waals surface area contributed by atoms with Crippen LogP contribution in [0.4, 0.5) is 16.4 Å². The highest BCUT2D eigenvalue weighted by Gasteiger charge is 2.49. The number of aliphatic hydroxyl groups excluding tert-OH is 1. The summed E-state index contributed by atoms with van der Waals surface area (Å²) in [4.78, 5) is 136. The van der Waals surface area contributed by atoms with Gasteiger partial charge in [-0.1, -0.05) is 44.2 Å². The summed E-state index contributed by atoms with van der Waals surface area (Å²) >= 11 is 0. The van der Waals surface area contributed by atoms with E-state index in [1.54, 1.807) is 62.4 Å². The Kier molecular flexibility index (Phi) is 29.8. The Morgan fingerprint density at radius 2 is 1.43 bits per heavy atom. The number of hydrogen-bond acceptors (Lipinski definition) is 28. The van der Waals surface area contributed by atoms with Crippen LogP contribution in [-0.2, 0) is 102 Å². The first kappa shape index (κ1) is 78.3. The van der Waals surface area contributed by atoms with Crippen molar-refractivity contribution >= 4 is 86.8 Å². The summed E-state index contributed by atoms with van der Waals surface area (Å²) in [6.07, 6.45) is -0.524. The lowest BCUT2D eigenvalue weighted by atomic mass is 10.0. The van der Waals surface area contributed by atoms with Gasteiger partial charge in [0.25, 0.3) is 23.3 Å². The number of amides is 8. The normalized spacial score (nSPS) is 21.7. The van der Waals surface area contributed by atoms with E-state index in [0.717, 1.165) is 17.1 Å². The number of H-pyrrole nitrogens is 1. The first-order valence-corrected chi connectivity index (χ1v) is 35.5. The van der Waals surface area contributed by atoms with Crippen LogP contribution in [0.3, 0.4) is 0 Å². The predicted molar refractivity (Wildman–Crippen MR) is 360 cm³/mol. The highest BCUT2D eigenvalue weighted by Crippen LogP contribution is 2.45. The van der Waals surface area contributed by atoms with Gasteiger partial charge in [0.1, 0.15) is 56.0 Å².